The van der Waals surface area contributed by atoms with Crippen LogP contribution in [0.2, 0.25) is 0 Å². The lowest BCUT2D eigenvalue weighted by atomic mass is 9.89. The van der Waals surface area contributed by atoms with Crippen molar-refractivity contribution >= 4 is 0 Å². The second-order valence-corrected chi connectivity index (χ2v) is 7.61. The highest BCUT2D eigenvalue weighted by atomic mass is 16.5. The molecule has 0 radical (unpaired) electrons. The van der Waals surface area contributed by atoms with Gasteiger partial charge in [0.1, 0.15) is 6.10 Å². The van der Waals surface area contributed by atoms with Gasteiger partial charge in [0.15, 0.2) is 0 Å². The van der Waals surface area contributed by atoms with Gasteiger partial charge in [-0.25, -0.2) is 0 Å². The van der Waals surface area contributed by atoms with E-state index >= 15 is 0 Å². The third kappa shape index (κ3) is 4.33. The Morgan fingerprint density at radius 3 is 2.55 bits per heavy atom. The second kappa shape index (κ2) is 7.14. The van der Waals surface area contributed by atoms with Crippen molar-refractivity contribution in [1.29, 1.82) is 0 Å². The minimum Gasteiger partial charge on any atom is -0.387 e. The van der Waals surface area contributed by atoms with Crippen molar-refractivity contribution in [2.45, 2.75) is 84.5 Å². The van der Waals surface area contributed by atoms with E-state index in [2.05, 4.69) is 45.9 Å². The molecule has 2 aliphatic heterocycles. The van der Waals surface area contributed by atoms with Gasteiger partial charge in [-0.3, -0.25) is 0 Å². The van der Waals surface area contributed by atoms with Crippen molar-refractivity contribution in [1.82, 2.24) is 0 Å². The van der Waals surface area contributed by atoms with Crippen molar-refractivity contribution in [2.24, 2.45) is 5.92 Å². The molecule has 0 aromatic carbocycles. The number of hydrogen-bond acceptors (Lipinski definition) is 2. The van der Waals surface area contributed by atoms with Gasteiger partial charge in [0.25, 0.3) is 0 Å². The van der Waals surface area contributed by atoms with Crippen LogP contribution in [0.1, 0.15) is 66.7 Å². The van der Waals surface area contributed by atoms with Crippen LogP contribution in [-0.2, 0) is 4.74 Å². The topological polar surface area (TPSA) is 29.5 Å². The highest BCUT2D eigenvalue weighted by molar-refractivity contribution is 5.24. The Hall–Kier alpha value is -0.860. The maximum Gasteiger partial charge on any atom is 0.105 e. The van der Waals surface area contributed by atoms with E-state index in [1.165, 1.54) is 16.7 Å². The molecule has 0 amide bonds. The normalized spacial score (nSPS) is 34.2. The first-order valence-corrected chi connectivity index (χ1v) is 8.70. The zero-order chi connectivity index (χ0) is 16.3. The summed E-state index contributed by atoms with van der Waals surface area (Å²) in [5.74, 6) is 0.466. The van der Waals surface area contributed by atoms with Crippen molar-refractivity contribution in [2.75, 3.05) is 0 Å². The van der Waals surface area contributed by atoms with Gasteiger partial charge in [-0.15, -0.1) is 0 Å². The van der Waals surface area contributed by atoms with Crippen molar-refractivity contribution in [3.8, 4) is 0 Å². The molecule has 2 aliphatic rings. The first kappa shape index (κ1) is 17.5. The molecule has 2 heterocycles. The van der Waals surface area contributed by atoms with Crippen LogP contribution >= 0.6 is 0 Å². The molecule has 0 saturated heterocycles. The van der Waals surface area contributed by atoms with Crippen molar-refractivity contribution in [3.05, 3.63) is 34.9 Å². The third-order valence-corrected chi connectivity index (χ3v) is 4.99. The zero-order valence-corrected chi connectivity index (χ0v) is 14.9. The van der Waals surface area contributed by atoms with Crippen LogP contribution in [0.25, 0.3) is 0 Å². The summed E-state index contributed by atoms with van der Waals surface area (Å²) in [6.07, 6.45) is 11.6. The van der Waals surface area contributed by atoms with E-state index in [9.17, 15) is 5.11 Å². The van der Waals surface area contributed by atoms with Gasteiger partial charge in [-0.1, -0.05) is 43.2 Å². The van der Waals surface area contributed by atoms with Gasteiger partial charge < -0.3 is 9.84 Å². The van der Waals surface area contributed by atoms with Crippen LogP contribution < -0.4 is 0 Å². The maximum absolute atomic E-state index is 10.9. The quantitative estimate of drug-likeness (QED) is 0.695. The summed E-state index contributed by atoms with van der Waals surface area (Å²) < 4.78 is 6.26. The van der Waals surface area contributed by atoms with E-state index in [1.54, 1.807) is 0 Å². The average Bonchev–Trinajstić information content (AvgIpc) is 2.82. The fourth-order valence-electron chi connectivity index (χ4n) is 3.41. The number of ether oxygens (including phenoxy) is 1. The lowest BCUT2D eigenvalue weighted by molar-refractivity contribution is -0.0860. The first-order chi connectivity index (χ1) is 10.3. The molecule has 0 aromatic rings. The van der Waals surface area contributed by atoms with Crippen molar-refractivity contribution < 1.29 is 9.84 Å². The smallest absolute Gasteiger partial charge is 0.105 e. The van der Waals surface area contributed by atoms with Crippen LogP contribution in [-0.4, -0.2) is 22.9 Å². The summed E-state index contributed by atoms with van der Waals surface area (Å²) in [5, 5.41) is 10.9. The third-order valence-electron chi connectivity index (χ3n) is 4.99. The van der Waals surface area contributed by atoms with Gasteiger partial charge in [-0.05, 0) is 64.4 Å². The zero-order valence-electron chi connectivity index (χ0n) is 14.9. The molecule has 0 fully saturated rings. The largest absolute Gasteiger partial charge is 0.387 e. The second-order valence-electron chi connectivity index (χ2n) is 7.61. The summed E-state index contributed by atoms with van der Waals surface area (Å²) in [6.45, 7) is 10.7. The highest BCUT2D eigenvalue weighted by Crippen LogP contribution is 2.36. The molecule has 0 aromatic heterocycles. The Balaban J connectivity index is 2.27. The van der Waals surface area contributed by atoms with E-state index in [1.807, 2.05) is 6.92 Å². The first-order valence-electron chi connectivity index (χ1n) is 8.70. The lowest BCUT2D eigenvalue weighted by Gasteiger charge is -2.29. The Morgan fingerprint density at radius 2 is 1.86 bits per heavy atom. The molecule has 3 atom stereocenters. The van der Waals surface area contributed by atoms with Gasteiger partial charge in [-0.2, -0.15) is 0 Å². The van der Waals surface area contributed by atoms with Gasteiger partial charge in [0, 0.05) is 0 Å². The molecule has 2 rings (SSSR count). The Labute approximate surface area is 136 Å². The van der Waals surface area contributed by atoms with Crippen LogP contribution in [0, 0.1) is 5.92 Å². The molecular formula is C20H32O2. The molecule has 1 N–H and O–H groups in total. The Bertz CT molecular complexity index is 480. The molecular weight excluding hydrogens is 272 g/mol. The average molecular weight is 304 g/mol. The van der Waals surface area contributed by atoms with Crippen molar-refractivity contribution in [3.63, 3.8) is 0 Å². The fourth-order valence-corrected chi connectivity index (χ4v) is 3.41. The number of allylic oxidation sites excluding steroid dienone is 3. The molecule has 2 nitrogen and oxygen atoms in total. The molecule has 2 bridgehead atoms. The minimum absolute atomic E-state index is 0.127. The highest BCUT2D eigenvalue weighted by Gasteiger charge is 2.39. The van der Waals surface area contributed by atoms with E-state index in [-0.39, 0.29) is 12.2 Å². The number of aliphatic hydroxyl groups is 1. The van der Waals surface area contributed by atoms with Crippen LogP contribution in [0.5, 0.6) is 0 Å². The van der Waals surface area contributed by atoms with E-state index in [4.69, 9.17) is 4.74 Å². The monoisotopic (exact) mass is 304 g/mol. The van der Waals surface area contributed by atoms with E-state index in [0.717, 1.165) is 32.1 Å². The molecule has 0 saturated carbocycles. The summed E-state index contributed by atoms with van der Waals surface area (Å²) in [4.78, 5) is 0. The van der Waals surface area contributed by atoms with Gasteiger partial charge >= 0.3 is 0 Å². The fraction of sp³-hybridized carbons (Fsp3) is 0.700. The molecule has 22 heavy (non-hydrogen) atoms. The summed E-state index contributed by atoms with van der Waals surface area (Å²) in [7, 11) is 0. The van der Waals surface area contributed by atoms with E-state index in [0.29, 0.717) is 5.92 Å². The number of fused-ring (bicyclic) bond motifs is 2. The molecule has 0 spiro atoms. The Kier molecular flexibility index (Phi) is 5.68. The SMILES string of the molecule is CC1=CCCC(C)(O)C2C=C(C(C)C)C(CC(C)=CCC1)O2. The molecule has 0 aliphatic carbocycles. The molecule has 3 unspecified atom stereocenters. The van der Waals surface area contributed by atoms with Gasteiger partial charge in [0.2, 0.25) is 0 Å². The summed E-state index contributed by atoms with van der Waals surface area (Å²) >= 11 is 0. The molecule has 124 valence electrons. The van der Waals surface area contributed by atoms with Crippen LogP contribution in [0.4, 0.5) is 0 Å². The predicted molar refractivity (Wildman–Crippen MR) is 92.8 cm³/mol. The van der Waals surface area contributed by atoms with Gasteiger partial charge in [0.05, 0.1) is 11.7 Å². The molecule has 2 heteroatoms. The lowest BCUT2D eigenvalue weighted by Crippen LogP contribution is -2.39. The minimum atomic E-state index is -0.794. The maximum atomic E-state index is 10.9. The summed E-state index contributed by atoms with van der Waals surface area (Å²) in [6, 6.07) is 0. The van der Waals surface area contributed by atoms with E-state index < -0.39 is 5.60 Å². The summed E-state index contributed by atoms with van der Waals surface area (Å²) in [5.41, 5.74) is 3.37. The predicted octanol–water partition coefficient (Wildman–Crippen LogP) is 4.94. The Morgan fingerprint density at radius 1 is 1.18 bits per heavy atom. The number of hydrogen-bond donors (Lipinski definition) is 1. The number of rotatable bonds is 1. The van der Waals surface area contributed by atoms with Crippen LogP contribution in [0.3, 0.4) is 0 Å². The van der Waals surface area contributed by atoms with Crippen LogP contribution in [0.15, 0.2) is 34.9 Å². The standard InChI is InChI=1S/C20H32O2/c1-14(2)17-13-19-20(5,21)11-7-10-15(3)8-6-9-16(4)12-18(17)22-19/h9-10,13-14,18-19,21H,6-8,11-12H2,1-5H3.